The van der Waals surface area contributed by atoms with Gasteiger partial charge in [-0.1, -0.05) is 47.5 Å². The van der Waals surface area contributed by atoms with Gasteiger partial charge in [0.2, 0.25) is 0 Å². The summed E-state index contributed by atoms with van der Waals surface area (Å²) in [4.78, 5) is 0. The van der Waals surface area contributed by atoms with Gasteiger partial charge in [-0.25, -0.2) is 0 Å². The van der Waals surface area contributed by atoms with Crippen LogP contribution in [-0.4, -0.2) is 58.1 Å². The molecule has 2 aromatic rings. The zero-order valence-electron chi connectivity index (χ0n) is 16.1. The maximum atomic E-state index is 10.6. The second kappa shape index (κ2) is 8.22. The monoisotopic (exact) mass is 420 g/mol. The molecule has 2 aliphatic rings. The molecule has 0 aromatic heterocycles. The third-order valence-electron chi connectivity index (χ3n) is 5.75. The van der Waals surface area contributed by atoms with Crippen LogP contribution in [0.1, 0.15) is 33.9 Å². The molecule has 0 bridgehead atoms. The molecule has 5 atom stereocenters. The maximum Gasteiger partial charge on any atom is 0.141 e. The summed E-state index contributed by atoms with van der Waals surface area (Å²) in [6, 6.07) is 10.0. The molecule has 6 nitrogen and oxygen atoms in total. The first-order chi connectivity index (χ1) is 13.9. The zero-order chi connectivity index (χ0) is 20.7. The quantitative estimate of drug-likeness (QED) is 0.600. The molecular weight excluding hydrogens is 396 g/mol. The number of ether oxygens (including phenoxy) is 2. The van der Waals surface area contributed by atoms with Crippen molar-refractivity contribution in [1.82, 2.24) is 0 Å². The smallest absolute Gasteiger partial charge is 0.141 e. The Kier molecular flexibility index (Phi) is 5.84. The van der Waals surface area contributed by atoms with Crippen LogP contribution in [-0.2, 0) is 17.6 Å². The van der Waals surface area contributed by atoms with E-state index in [1.54, 1.807) is 0 Å². The Balaban J connectivity index is 1.75. The molecule has 1 fully saturated rings. The topological polar surface area (TPSA) is 99.4 Å². The summed E-state index contributed by atoms with van der Waals surface area (Å²) in [5, 5.41) is 41.0. The maximum absolute atomic E-state index is 10.6. The van der Waals surface area contributed by atoms with E-state index in [0.717, 1.165) is 16.7 Å². The van der Waals surface area contributed by atoms with Crippen molar-refractivity contribution >= 4 is 11.6 Å². The molecule has 0 amide bonds. The minimum Gasteiger partial charge on any atom is -0.491 e. The first kappa shape index (κ1) is 20.6. The second-order valence-electron chi connectivity index (χ2n) is 7.76. The average molecular weight is 421 g/mol. The van der Waals surface area contributed by atoms with Gasteiger partial charge in [0.1, 0.15) is 36.3 Å². The van der Waals surface area contributed by atoms with Gasteiger partial charge in [-0.3, -0.25) is 0 Å². The van der Waals surface area contributed by atoms with Crippen LogP contribution in [0.3, 0.4) is 0 Å². The fourth-order valence-corrected chi connectivity index (χ4v) is 4.37. The van der Waals surface area contributed by atoms with Crippen molar-refractivity contribution in [2.75, 3.05) is 13.2 Å². The van der Waals surface area contributed by atoms with E-state index in [2.05, 4.69) is 0 Å². The molecule has 0 unspecified atom stereocenters. The van der Waals surface area contributed by atoms with Crippen molar-refractivity contribution in [3.05, 3.63) is 63.2 Å². The summed E-state index contributed by atoms with van der Waals surface area (Å²) < 4.78 is 11.6. The zero-order valence-corrected chi connectivity index (χ0v) is 16.8. The summed E-state index contributed by atoms with van der Waals surface area (Å²) >= 11 is 6.63. The van der Waals surface area contributed by atoms with Crippen molar-refractivity contribution < 1.29 is 29.9 Å². The van der Waals surface area contributed by atoms with Crippen LogP contribution < -0.4 is 4.74 Å². The number of halogens is 1. The van der Waals surface area contributed by atoms with Gasteiger partial charge in [-0.15, -0.1) is 0 Å². The Bertz CT molecular complexity index is 882. The van der Waals surface area contributed by atoms with Gasteiger partial charge in [0.25, 0.3) is 0 Å². The highest BCUT2D eigenvalue weighted by molar-refractivity contribution is 6.33. The van der Waals surface area contributed by atoms with Crippen molar-refractivity contribution in [2.45, 2.75) is 50.3 Å². The molecule has 0 aliphatic carbocycles. The van der Waals surface area contributed by atoms with E-state index in [0.29, 0.717) is 35.8 Å². The Morgan fingerprint density at radius 3 is 2.48 bits per heavy atom. The molecule has 1 saturated heterocycles. The van der Waals surface area contributed by atoms with Gasteiger partial charge in [-0.05, 0) is 30.0 Å². The van der Waals surface area contributed by atoms with E-state index in [1.807, 2.05) is 37.3 Å². The van der Waals surface area contributed by atoms with Crippen molar-refractivity contribution in [1.29, 1.82) is 0 Å². The van der Waals surface area contributed by atoms with Crippen LogP contribution in [0.25, 0.3) is 0 Å². The van der Waals surface area contributed by atoms with Crippen LogP contribution >= 0.6 is 11.6 Å². The standard InChI is InChI=1S/C22H25ClO6/c1-11-2-4-12(5-3-11)8-13-9-15(14-6-7-28-21(14)17(13)23)22-20(27)19(26)18(25)16(10-24)29-22/h2-5,9,16,18-20,22,24-27H,6-8,10H2,1H3/t16-,18-,19+,20-,22+/m1/s1. The summed E-state index contributed by atoms with van der Waals surface area (Å²) in [5.74, 6) is 0.572. The van der Waals surface area contributed by atoms with Gasteiger partial charge in [0.15, 0.2) is 0 Å². The Morgan fingerprint density at radius 2 is 1.79 bits per heavy atom. The third kappa shape index (κ3) is 3.77. The van der Waals surface area contributed by atoms with E-state index in [9.17, 15) is 20.4 Å². The minimum absolute atomic E-state index is 0.466. The normalized spacial score (nSPS) is 28.8. The molecule has 7 heteroatoms. The number of hydrogen-bond donors (Lipinski definition) is 4. The lowest BCUT2D eigenvalue weighted by Crippen LogP contribution is -2.55. The number of hydrogen-bond acceptors (Lipinski definition) is 6. The van der Waals surface area contributed by atoms with Gasteiger partial charge < -0.3 is 29.9 Å². The van der Waals surface area contributed by atoms with Crippen molar-refractivity contribution in [3.63, 3.8) is 0 Å². The number of aliphatic hydroxyl groups is 4. The van der Waals surface area contributed by atoms with E-state index in [1.165, 1.54) is 5.56 Å². The highest BCUT2D eigenvalue weighted by atomic mass is 35.5. The van der Waals surface area contributed by atoms with E-state index < -0.39 is 37.1 Å². The number of aryl methyl sites for hydroxylation is 1. The molecule has 2 aromatic carbocycles. The fraction of sp³-hybridized carbons (Fsp3) is 0.455. The first-order valence-corrected chi connectivity index (χ1v) is 10.1. The van der Waals surface area contributed by atoms with Crippen LogP contribution in [0.4, 0.5) is 0 Å². The van der Waals surface area contributed by atoms with E-state index in [4.69, 9.17) is 21.1 Å². The van der Waals surface area contributed by atoms with Crippen LogP contribution in [0, 0.1) is 6.92 Å². The summed E-state index contributed by atoms with van der Waals surface area (Å²) in [6.45, 7) is 2.02. The van der Waals surface area contributed by atoms with Gasteiger partial charge in [0.05, 0.1) is 18.2 Å². The first-order valence-electron chi connectivity index (χ1n) is 9.73. The largest absolute Gasteiger partial charge is 0.491 e. The Labute approximate surface area is 174 Å². The average Bonchev–Trinajstić information content (AvgIpc) is 3.21. The molecule has 4 N–H and O–H groups in total. The van der Waals surface area contributed by atoms with Crippen LogP contribution in [0.15, 0.2) is 30.3 Å². The third-order valence-corrected chi connectivity index (χ3v) is 6.16. The van der Waals surface area contributed by atoms with Crippen LogP contribution in [0.5, 0.6) is 5.75 Å². The fourth-order valence-electron chi connectivity index (χ4n) is 4.08. The lowest BCUT2D eigenvalue weighted by Gasteiger charge is -2.40. The molecule has 0 radical (unpaired) electrons. The van der Waals surface area contributed by atoms with Gasteiger partial charge >= 0.3 is 0 Å². The SMILES string of the molecule is Cc1ccc(Cc2cc([C@@H]3O[C@H](CO)[C@@H](O)[C@H](O)[C@H]3O)c3c(c2Cl)OCC3)cc1. The lowest BCUT2D eigenvalue weighted by molar-refractivity contribution is -0.231. The van der Waals surface area contributed by atoms with Gasteiger partial charge in [-0.2, -0.15) is 0 Å². The number of fused-ring (bicyclic) bond motifs is 1. The van der Waals surface area contributed by atoms with Crippen LogP contribution in [0.2, 0.25) is 5.02 Å². The molecule has 2 aliphatic heterocycles. The molecule has 29 heavy (non-hydrogen) atoms. The lowest BCUT2D eigenvalue weighted by atomic mass is 9.87. The summed E-state index contributed by atoms with van der Waals surface area (Å²) in [7, 11) is 0. The van der Waals surface area contributed by atoms with E-state index >= 15 is 0 Å². The Morgan fingerprint density at radius 1 is 1.07 bits per heavy atom. The van der Waals surface area contributed by atoms with Crippen molar-refractivity contribution in [2.24, 2.45) is 0 Å². The number of benzene rings is 2. The minimum atomic E-state index is -1.43. The predicted molar refractivity (Wildman–Crippen MR) is 107 cm³/mol. The van der Waals surface area contributed by atoms with Gasteiger partial charge in [0, 0.05) is 12.0 Å². The second-order valence-corrected chi connectivity index (χ2v) is 8.13. The van der Waals surface area contributed by atoms with E-state index in [-0.39, 0.29) is 0 Å². The molecule has 156 valence electrons. The molecule has 2 heterocycles. The highest BCUT2D eigenvalue weighted by Crippen LogP contribution is 2.44. The predicted octanol–water partition coefficient (Wildman–Crippen LogP) is 1.69. The molecule has 0 saturated carbocycles. The molecular formula is C22H25ClO6. The summed E-state index contributed by atoms with van der Waals surface area (Å²) in [5.41, 5.74) is 4.56. The van der Waals surface area contributed by atoms with Crippen molar-refractivity contribution in [3.8, 4) is 5.75 Å². The number of aliphatic hydroxyl groups excluding tert-OH is 4. The Hall–Kier alpha value is -1.67. The summed E-state index contributed by atoms with van der Waals surface area (Å²) in [6.07, 6.45) is -4.87. The highest BCUT2D eigenvalue weighted by Gasteiger charge is 2.45. The molecule has 0 spiro atoms. The number of rotatable bonds is 4. The molecule has 4 rings (SSSR count).